The van der Waals surface area contributed by atoms with Gasteiger partial charge in [-0.25, -0.2) is 4.79 Å². The van der Waals surface area contributed by atoms with E-state index >= 15 is 0 Å². The van der Waals surface area contributed by atoms with Crippen LogP contribution in [0.3, 0.4) is 0 Å². The third-order valence-corrected chi connectivity index (χ3v) is 5.49. The molecule has 0 aliphatic carbocycles. The summed E-state index contributed by atoms with van der Waals surface area (Å²) in [5.74, 6) is -0.897. The Morgan fingerprint density at radius 3 is 2.37 bits per heavy atom. The summed E-state index contributed by atoms with van der Waals surface area (Å²) in [5, 5.41) is 12.2. The number of rotatable bonds is 8. The zero-order chi connectivity index (χ0) is 24.8. The van der Waals surface area contributed by atoms with Crippen LogP contribution in [0.15, 0.2) is 95.9 Å². The quantitative estimate of drug-likeness (QED) is 0.393. The van der Waals surface area contributed by atoms with E-state index in [1.54, 1.807) is 54.7 Å². The monoisotopic (exact) mass is 468 g/mol. The van der Waals surface area contributed by atoms with Crippen LogP contribution in [0, 0.1) is 0 Å². The molecule has 4 aromatic rings. The lowest BCUT2D eigenvalue weighted by molar-refractivity contribution is 0.0694. The van der Waals surface area contributed by atoms with Gasteiger partial charge >= 0.3 is 5.97 Å². The molecule has 176 valence electrons. The highest BCUT2D eigenvalue weighted by Crippen LogP contribution is 2.22. The number of nitrogens with zero attached hydrogens (tertiary/aromatic N) is 1. The Bertz CT molecular complexity index is 1410. The SMILES string of the molecule is Cn1cc(-c2cccc(C(=O)Nc3ccc(OCCc4ccccc4)cc3)c2)cc(C(=O)O)c1=O. The third-order valence-electron chi connectivity index (χ3n) is 5.49. The molecule has 0 aliphatic rings. The minimum atomic E-state index is -1.30. The largest absolute Gasteiger partial charge is 0.493 e. The van der Waals surface area contributed by atoms with Crippen LogP contribution in [0.25, 0.3) is 11.1 Å². The second-order valence-corrected chi connectivity index (χ2v) is 8.01. The number of carbonyl (C=O) groups is 2. The van der Waals surface area contributed by atoms with Gasteiger partial charge in [0.15, 0.2) is 0 Å². The van der Waals surface area contributed by atoms with Crippen LogP contribution < -0.4 is 15.6 Å². The summed E-state index contributed by atoms with van der Waals surface area (Å²) in [6.45, 7) is 0.553. The van der Waals surface area contributed by atoms with Crippen molar-refractivity contribution in [2.45, 2.75) is 6.42 Å². The number of hydrogen-bond donors (Lipinski definition) is 2. The van der Waals surface area contributed by atoms with Crippen molar-refractivity contribution in [2.75, 3.05) is 11.9 Å². The normalized spacial score (nSPS) is 10.5. The number of carboxylic acid groups (broad SMARTS) is 1. The summed E-state index contributed by atoms with van der Waals surface area (Å²) in [6, 6.07) is 25.3. The van der Waals surface area contributed by atoms with Crippen LogP contribution in [0.4, 0.5) is 5.69 Å². The summed E-state index contributed by atoms with van der Waals surface area (Å²) in [6.07, 6.45) is 2.35. The topological polar surface area (TPSA) is 97.6 Å². The van der Waals surface area contributed by atoms with Gasteiger partial charge in [0.2, 0.25) is 0 Å². The number of aromatic carboxylic acids is 1. The molecule has 3 aromatic carbocycles. The van der Waals surface area contributed by atoms with Gasteiger partial charge in [-0.05, 0) is 59.2 Å². The summed E-state index contributed by atoms with van der Waals surface area (Å²) in [7, 11) is 1.49. The number of pyridine rings is 1. The van der Waals surface area contributed by atoms with Gasteiger partial charge in [0.05, 0.1) is 6.61 Å². The standard InChI is InChI=1S/C28H24N2O5/c1-30-18-22(17-25(27(30)32)28(33)34)20-8-5-9-21(16-20)26(31)29-23-10-12-24(13-11-23)35-15-14-19-6-3-2-4-7-19/h2-13,16-18H,14-15H2,1H3,(H,29,31)(H,33,34). The molecule has 7 nitrogen and oxygen atoms in total. The molecular weight excluding hydrogens is 444 g/mol. The van der Waals surface area contributed by atoms with Crippen molar-refractivity contribution in [3.05, 3.63) is 118 Å². The number of ether oxygens (including phenoxy) is 1. The first-order valence-corrected chi connectivity index (χ1v) is 11.0. The van der Waals surface area contributed by atoms with Crippen molar-refractivity contribution >= 4 is 17.6 Å². The first-order chi connectivity index (χ1) is 16.9. The van der Waals surface area contributed by atoms with Crippen LogP contribution in [0.5, 0.6) is 5.75 Å². The molecular formula is C28H24N2O5. The molecule has 0 saturated carbocycles. The molecule has 0 bridgehead atoms. The number of aromatic nitrogens is 1. The number of carbonyl (C=O) groups excluding carboxylic acids is 1. The van der Waals surface area contributed by atoms with Crippen LogP contribution in [-0.2, 0) is 13.5 Å². The first-order valence-electron chi connectivity index (χ1n) is 11.0. The van der Waals surface area contributed by atoms with Crippen LogP contribution in [0.2, 0.25) is 0 Å². The Balaban J connectivity index is 1.42. The van der Waals surface area contributed by atoms with E-state index in [9.17, 15) is 19.5 Å². The van der Waals surface area contributed by atoms with Crippen molar-refractivity contribution < 1.29 is 19.4 Å². The highest BCUT2D eigenvalue weighted by Gasteiger charge is 2.14. The average Bonchev–Trinajstić information content (AvgIpc) is 2.87. The summed E-state index contributed by atoms with van der Waals surface area (Å²) in [4.78, 5) is 36.2. The minimum absolute atomic E-state index is 0.312. The van der Waals surface area contributed by atoms with Gasteiger partial charge in [0, 0.05) is 30.9 Å². The Kier molecular flexibility index (Phi) is 7.07. The van der Waals surface area contributed by atoms with E-state index in [0.717, 1.165) is 6.42 Å². The maximum absolute atomic E-state index is 12.8. The van der Waals surface area contributed by atoms with Crippen LogP contribution in [0.1, 0.15) is 26.3 Å². The van der Waals surface area contributed by atoms with Crippen molar-refractivity contribution in [2.24, 2.45) is 7.05 Å². The molecule has 0 fully saturated rings. The fourth-order valence-electron chi connectivity index (χ4n) is 3.63. The Hall–Kier alpha value is -4.65. The molecule has 0 spiro atoms. The van der Waals surface area contributed by atoms with Gasteiger partial charge in [-0.2, -0.15) is 0 Å². The van der Waals surface area contributed by atoms with E-state index in [4.69, 9.17) is 4.74 Å². The third kappa shape index (κ3) is 5.83. The molecule has 1 heterocycles. The van der Waals surface area contributed by atoms with Gasteiger partial charge in [-0.15, -0.1) is 0 Å². The maximum atomic E-state index is 12.8. The van der Waals surface area contributed by atoms with E-state index in [1.165, 1.54) is 23.2 Å². The molecule has 1 amide bonds. The Morgan fingerprint density at radius 1 is 0.914 bits per heavy atom. The van der Waals surface area contributed by atoms with Crippen molar-refractivity contribution in [3.8, 4) is 16.9 Å². The number of anilines is 1. The van der Waals surface area contributed by atoms with Gasteiger partial charge in [-0.3, -0.25) is 9.59 Å². The van der Waals surface area contributed by atoms with E-state index in [0.29, 0.717) is 34.7 Å². The fraction of sp³-hybridized carbons (Fsp3) is 0.107. The van der Waals surface area contributed by atoms with Gasteiger partial charge in [-0.1, -0.05) is 42.5 Å². The molecule has 1 aromatic heterocycles. The van der Waals surface area contributed by atoms with Crippen LogP contribution in [-0.4, -0.2) is 28.2 Å². The molecule has 0 atom stereocenters. The van der Waals surface area contributed by atoms with Crippen molar-refractivity contribution in [1.29, 1.82) is 0 Å². The van der Waals surface area contributed by atoms with E-state index in [1.807, 2.05) is 18.2 Å². The molecule has 0 aliphatic heterocycles. The molecule has 7 heteroatoms. The number of hydrogen-bond acceptors (Lipinski definition) is 4. The van der Waals surface area contributed by atoms with Crippen LogP contribution >= 0.6 is 0 Å². The zero-order valence-electron chi connectivity index (χ0n) is 19.1. The van der Waals surface area contributed by atoms with Crippen molar-refractivity contribution in [1.82, 2.24) is 4.57 Å². The van der Waals surface area contributed by atoms with Gasteiger partial charge in [0.25, 0.3) is 11.5 Å². The Labute approximate surface area is 202 Å². The van der Waals surface area contributed by atoms with Gasteiger partial charge in [0.1, 0.15) is 11.3 Å². The van der Waals surface area contributed by atoms with E-state index in [2.05, 4.69) is 17.4 Å². The lowest BCUT2D eigenvalue weighted by atomic mass is 10.0. The number of nitrogens with one attached hydrogen (secondary N) is 1. The number of benzene rings is 3. The average molecular weight is 469 g/mol. The van der Waals surface area contributed by atoms with Gasteiger partial charge < -0.3 is 19.7 Å². The zero-order valence-corrected chi connectivity index (χ0v) is 19.1. The second-order valence-electron chi connectivity index (χ2n) is 8.01. The number of aryl methyl sites for hydroxylation is 1. The molecule has 0 unspecified atom stereocenters. The molecule has 4 rings (SSSR count). The maximum Gasteiger partial charge on any atom is 0.341 e. The molecule has 0 saturated heterocycles. The summed E-state index contributed by atoms with van der Waals surface area (Å²) >= 11 is 0. The smallest absolute Gasteiger partial charge is 0.341 e. The van der Waals surface area contributed by atoms with E-state index < -0.39 is 11.5 Å². The lowest BCUT2D eigenvalue weighted by Gasteiger charge is -2.10. The minimum Gasteiger partial charge on any atom is -0.493 e. The predicted molar refractivity (Wildman–Crippen MR) is 134 cm³/mol. The summed E-state index contributed by atoms with van der Waals surface area (Å²) in [5.41, 5.74) is 2.45. The summed E-state index contributed by atoms with van der Waals surface area (Å²) < 4.78 is 7.00. The van der Waals surface area contributed by atoms with E-state index in [-0.39, 0.29) is 11.5 Å². The first kappa shape index (κ1) is 23.5. The molecule has 2 N–H and O–H groups in total. The Morgan fingerprint density at radius 2 is 1.66 bits per heavy atom. The fourth-order valence-corrected chi connectivity index (χ4v) is 3.63. The predicted octanol–water partition coefficient (Wildman–Crippen LogP) is 4.62. The highest BCUT2D eigenvalue weighted by atomic mass is 16.5. The van der Waals surface area contributed by atoms with Crippen molar-refractivity contribution in [3.63, 3.8) is 0 Å². The second kappa shape index (κ2) is 10.5. The molecule has 35 heavy (non-hydrogen) atoms. The lowest BCUT2D eigenvalue weighted by Crippen LogP contribution is -2.23. The number of carboxylic acids is 1. The molecule has 0 radical (unpaired) electrons. The number of amides is 1. The highest BCUT2D eigenvalue weighted by molar-refractivity contribution is 6.05.